The molecule has 0 aliphatic rings. The molecule has 0 aliphatic heterocycles. The van der Waals surface area contributed by atoms with Crippen LogP contribution in [0.3, 0.4) is 0 Å². The van der Waals surface area contributed by atoms with Gasteiger partial charge in [-0.2, -0.15) is 0 Å². The molecule has 0 unspecified atom stereocenters. The predicted molar refractivity (Wildman–Crippen MR) is 95.4 cm³/mol. The summed E-state index contributed by atoms with van der Waals surface area (Å²) in [6, 6.07) is 15.3. The average molecular weight is 354 g/mol. The van der Waals surface area contributed by atoms with Crippen LogP contribution >= 0.6 is 0 Å². The minimum absolute atomic E-state index is 0.0286. The van der Waals surface area contributed by atoms with Crippen molar-refractivity contribution in [3.8, 4) is 0 Å². The van der Waals surface area contributed by atoms with Gasteiger partial charge in [-0.05, 0) is 17.7 Å². The van der Waals surface area contributed by atoms with Crippen LogP contribution in [0.25, 0.3) is 0 Å². The van der Waals surface area contributed by atoms with E-state index in [1.807, 2.05) is 30.3 Å². The van der Waals surface area contributed by atoms with Gasteiger partial charge in [-0.3, -0.25) is 4.79 Å². The minimum Gasteiger partial charge on any atom is -0.478 e. The van der Waals surface area contributed by atoms with Gasteiger partial charge in [-0.15, -0.1) is 0 Å². The van der Waals surface area contributed by atoms with Crippen LogP contribution in [-0.2, 0) is 20.9 Å². The first-order chi connectivity index (χ1) is 12.5. The summed E-state index contributed by atoms with van der Waals surface area (Å²) >= 11 is 0. The summed E-state index contributed by atoms with van der Waals surface area (Å²) in [5, 5.41) is 14.6. The fourth-order valence-corrected chi connectivity index (χ4v) is 2.13. The number of methoxy groups -OCH3 is 1. The molecule has 0 spiro atoms. The summed E-state index contributed by atoms with van der Waals surface area (Å²) in [7, 11) is 1.18. The number of hydrogen-bond donors (Lipinski definition) is 3. The number of para-hydroxylation sites is 1. The molecule has 2 rings (SSSR count). The van der Waals surface area contributed by atoms with Crippen molar-refractivity contribution in [1.82, 2.24) is 5.32 Å². The monoisotopic (exact) mass is 354 g/mol. The number of hydrogen-bond acceptors (Lipinski definition) is 5. The summed E-state index contributed by atoms with van der Waals surface area (Å²) in [5.41, 5.74) is 0.912. The number of amides is 1. The van der Waals surface area contributed by atoms with Gasteiger partial charge in [0.1, 0.15) is 5.70 Å². The molecule has 3 N–H and O–H groups in total. The molecular weight excluding hydrogens is 336 g/mol. The van der Waals surface area contributed by atoms with Crippen LogP contribution in [0.1, 0.15) is 15.9 Å². The highest BCUT2D eigenvalue weighted by atomic mass is 16.5. The van der Waals surface area contributed by atoms with Gasteiger partial charge in [0.25, 0.3) is 5.91 Å². The first-order valence-corrected chi connectivity index (χ1v) is 7.72. The van der Waals surface area contributed by atoms with E-state index in [1.54, 1.807) is 12.1 Å². The van der Waals surface area contributed by atoms with Gasteiger partial charge in [0, 0.05) is 6.54 Å². The van der Waals surface area contributed by atoms with Crippen molar-refractivity contribution in [2.45, 2.75) is 6.54 Å². The zero-order valence-corrected chi connectivity index (χ0v) is 14.1. The summed E-state index contributed by atoms with van der Waals surface area (Å²) < 4.78 is 4.56. The molecule has 0 aromatic heterocycles. The standard InChI is InChI=1S/C19H18N2O5/c1-26-17(22)11-16(18(23)20-12-13-7-3-2-4-8-13)21-15-10-6-5-9-14(15)19(24)25/h2-11,21H,12H2,1H3,(H,20,23)(H,24,25). The van der Waals surface area contributed by atoms with Gasteiger partial charge in [0.05, 0.1) is 24.4 Å². The quantitative estimate of drug-likeness (QED) is 0.520. The normalized spacial score (nSPS) is 10.7. The zero-order chi connectivity index (χ0) is 18.9. The Labute approximate surface area is 150 Å². The Hall–Kier alpha value is -3.61. The molecule has 7 nitrogen and oxygen atoms in total. The van der Waals surface area contributed by atoms with Crippen LogP contribution in [-0.4, -0.2) is 30.1 Å². The molecule has 7 heteroatoms. The number of nitrogens with one attached hydrogen (secondary N) is 2. The molecule has 26 heavy (non-hydrogen) atoms. The van der Waals surface area contributed by atoms with E-state index in [-0.39, 0.29) is 23.5 Å². The lowest BCUT2D eigenvalue weighted by atomic mass is 10.1. The van der Waals surface area contributed by atoms with E-state index >= 15 is 0 Å². The molecule has 0 heterocycles. The van der Waals surface area contributed by atoms with Crippen LogP contribution in [0.2, 0.25) is 0 Å². The maximum Gasteiger partial charge on any atom is 0.337 e. The third kappa shape index (κ3) is 5.20. The van der Waals surface area contributed by atoms with Gasteiger partial charge >= 0.3 is 11.9 Å². The van der Waals surface area contributed by atoms with Crippen LogP contribution in [0, 0.1) is 0 Å². The van der Waals surface area contributed by atoms with Gasteiger partial charge in [0.2, 0.25) is 0 Å². The summed E-state index contributed by atoms with van der Waals surface area (Å²) in [6.45, 7) is 0.250. The first kappa shape index (κ1) is 18.7. The maximum absolute atomic E-state index is 12.5. The van der Waals surface area contributed by atoms with Crippen LogP contribution in [0.4, 0.5) is 5.69 Å². The third-order valence-corrected chi connectivity index (χ3v) is 3.43. The SMILES string of the molecule is COC(=O)C=C(Nc1ccccc1C(=O)O)C(=O)NCc1ccccc1. The molecule has 0 aliphatic carbocycles. The van der Waals surface area contributed by atoms with E-state index < -0.39 is 17.8 Å². The molecule has 0 saturated heterocycles. The number of carboxylic acids is 1. The van der Waals surface area contributed by atoms with Crippen molar-refractivity contribution in [3.05, 3.63) is 77.5 Å². The van der Waals surface area contributed by atoms with Crippen molar-refractivity contribution in [1.29, 1.82) is 0 Å². The fraction of sp³-hybridized carbons (Fsp3) is 0.105. The number of anilines is 1. The highest BCUT2D eigenvalue weighted by Crippen LogP contribution is 2.17. The van der Waals surface area contributed by atoms with E-state index in [1.165, 1.54) is 19.2 Å². The lowest BCUT2D eigenvalue weighted by Gasteiger charge is -2.13. The smallest absolute Gasteiger partial charge is 0.337 e. The van der Waals surface area contributed by atoms with Crippen molar-refractivity contribution >= 4 is 23.5 Å². The van der Waals surface area contributed by atoms with E-state index in [4.69, 9.17) is 0 Å². The van der Waals surface area contributed by atoms with E-state index in [9.17, 15) is 19.5 Å². The number of rotatable bonds is 7. The second-order valence-corrected chi connectivity index (χ2v) is 5.23. The number of esters is 1. The molecule has 0 atom stereocenters. The molecule has 2 aromatic carbocycles. The molecular formula is C19H18N2O5. The van der Waals surface area contributed by atoms with Gasteiger partial charge in [-0.25, -0.2) is 9.59 Å². The van der Waals surface area contributed by atoms with Crippen LogP contribution < -0.4 is 10.6 Å². The van der Waals surface area contributed by atoms with Gasteiger partial charge in [-0.1, -0.05) is 42.5 Å². The highest BCUT2D eigenvalue weighted by Gasteiger charge is 2.16. The van der Waals surface area contributed by atoms with Crippen molar-refractivity contribution in [3.63, 3.8) is 0 Å². The second kappa shape index (κ2) is 9.03. The summed E-state index contributed by atoms with van der Waals surface area (Å²) in [6.07, 6.45) is 0.971. The predicted octanol–water partition coefficient (Wildman–Crippen LogP) is 2.17. The second-order valence-electron chi connectivity index (χ2n) is 5.23. The average Bonchev–Trinajstić information content (AvgIpc) is 2.66. The molecule has 0 saturated carbocycles. The zero-order valence-electron chi connectivity index (χ0n) is 14.1. The highest BCUT2D eigenvalue weighted by molar-refractivity contribution is 6.03. The Morgan fingerprint density at radius 1 is 1.04 bits per heavy atom. The third-order valence-electron chi connectivity index (χ3n) is 3.43. The Morgan fingerprint density at radius 3 is 2.35 bits per heavy atom. The van der Waals surface area contributed by atoms with E-state index in [0.717, 1.165) is 11.6 Å². The lowest BCUT2D eigenvalue weighted by Crippen LogP contribution is -2.29. The Bertz CT molecular complexity index is 831. The number of carboxylic acid groups (broad SMARTS) is 1. The number of carbonyl (C=O) groups is 3. The molecule has 2 aromatic rings. The Morgan fingerprint density at radius 2 is 1.69 bits per heavy atom. The number of ether oxygens (including phenoxy) is 1. The number of aromatic carboxylic acids is 1. The van der Waals surface area contributed by atoms with Gasteiger partial charge < -0.3 is 20.5 Å². The molecule has 0 bridgehead atoms. The van der Waals surface area contributed by atoms with Crippen molar-refractivity contribution in [2.75, 3.05) is 12.4 Å². The summed E-state index contributed by atoms with van der Waals surface area (Å²) in [5.74, 6) is -2.47. The summed E-state index contributed by atoms with van der Waals surface area (Å²) in [4.78, 5) is 35.3. The van der Waals surface area contributed by atoms with Crippen molar-refractivity contribution in [2.24, 2.45) is 0 Å². The number of carbonyl (C=O) groups excluding carboxylic acids is 2. The van der Waals surface area contributed by atoms with Crippen LogP contribution in [0.5, 0.6) is 0 Å². The maximum atomic E-state index is 12.5. The largest absolute Gasteiger partial charge is 0.478 e. The molecule has 0 fully saturated rings. The van der Waals surface area contributed by atoms with Crippen LogP contribution in [0.15, 0.2) is 66.4 Å². The molecule has 1 amide bonds. The van der Waals surface area contributed by atoms with E-state index in [2.05, 4.69) is 15.4 Å². The molecule has 0 radical (unpaired) electrons. The lowest BCUT2D eigenvalue weighted by molar-refractivity contribution is -0.135. The first-order valence-electron chi connectivity index (χ1n) is 7.72. The fourth-order valence-electron chi connectivity index (χ4n) is 2.13. The van der Waals surface area contributed by atoms with Crippen molar-refractivity contribution < 1.29 is 24.2 Å². The molecule has 134 valence electrons. The topological polar surface area (TPSA) is 105 Å². The van der Waals surface area contributed by atoms with Gasteiger partial charge in [0.15, 0.2) is 0 Å². The number of benzene rings is 2. The van der Waals surface area contributed by atoms with E-state index in [0.29, 0.717) is 0 Å². The Kier molecular flexibility index (Phi) is 6.50. The Balaban J connectivity index is 2.21. The minimum atomic E-state index is -1.16.